The van der Waals surface area contributed by atoms with Gasteiger partial charge in [-0.05, 0) is 12.8 Å². The first kappa shape index (κ1) is 13.2. The molecule has 90 valence electrons. The van der Waals surface area contributed by atoms with Gasteiger partial charge in [-0.25, -0.2) is 0 Å². The van der Waals surface area contributed by atoms with Crippen molar-refractivity contribution >= 4 is 21.8 Å². The van der Waals surface area contributed by atoms with Gasteiger partial charge in [-0.1, -0.05) is 29.8 Å². The lowest BCUT2D eigenvalue weighted by Crippen LogP contribution is -2.31. The minimum atomic E-state index is -0.0595. The summed E-state index contributed by atoms with van der Waals surface area (Å²) in [5.74, 6) is 0.436. The van der Waals surface area contributed by atoms with Crippen molar-refractivity contribution in [2.75, 3.05) is 6.54 Å². The first-order valence-corrected chi connectivity index (χ1v) is 6.26. The van der Waals surface area contributed by atoms with Crippen molar-refractivity contribution in [3.05, 3.63) is 17.5 Å². The second-order valence-electron chi connectivity index (χ2n) is 4.27. The molecule has 1 unspecified atom stereocenters. The zero-order chi connectivity index (χ0) is 12.3. The summed E-state index contributed by atoms with van der Waals surface area (Å²) in [6.45, 7) is 6.69. The molecular formula is C11H18BrN3O. The number of amides is 1. The van der Waals surface area contributed by atoms with Crippen LogP contribution in [0.3, 0.4) is 0 Å². The molecule has 1 rings (SSSR count). The van der Waals surface area contributed by atoms with E-state index < -0.39 is 0 Å². The van der Waals surface area contributed by atoms with E-state index in [4.69, 9.17) is 0 Å². The lowest BCUT2D eigenvalue weighted by molar-refractivity contribution is 0.0952. The Morgan fingerprint density at radius 1 is 1.62 bits per heavy atom. The zero-order valence-corrected chi connectivity index (χ0v) is 11.7. The molecule has 0 fully saturated rings. The van der Waals surface area contributed by atoms with Crippen molar-refractivity contribution < 1.29 is 4.79 Å². The van der Waals surface area contributed by atoms with Gasteiger partial charge in [0.05, 0.1) is 11.3 Å². The van der Waals surface area contributed by atoms with Gasteiger partial charge in [-0.15, -0.1) is 0 Å². The SMILES string of the molecule is Cc1nn(C)cc1C(=O)NCC(Br)C(C)C. The van der Waals surface area contributed by atoms with E-state index >= 15 is 0 Å². The van der Waals surface area contributed by atoms with Gasteiger partial charge in [0.2, 0.25) is 0 Å². The van der Waals surface area contributed by atoms with Crippen LogP contribution in [0.2, 0.25) is 0 Å². The van der Waals surface area contributed by atoms with Crippen LogP contribution in [-0.4, -0.2) is 27.1 Å². The Morgan fingerprint density at radius 2 is 2.25 bits per heavy atom. The smallest absolute Gasteiger partial charge is 0.254 e. The number of aromatic nitrogens is 2. The maximum atomic E-state index is 11.8. The van der Waals surface area contributed by atoms with Crippen LogP contribution in [0.5, 0.6) is 0 Å². The number of carbonyl (C=O) groups is 1. The van der Waals surface area contributed by atoms with Crippen molar-refractivity contribution in [1.29, 1.82) is 0 Å². The molecule has 1 amide bonds. The number of halogens is 1. The Labute approximate surface area is 105 Å². The number of nitrogens with zero attached hydrogens (tertiary/aromatic N) is 2. The van der Waals surface area contributed by atoms with E-state index in [0.717, 1.165) is 5.69 Å². The highest BCUT2D eigenvalue weighted by Crippen LogP contribution is 2.11. The number of alkyl halides is 1. The Morgan fingerprint density at radius 3 is 2.69 bits per heavy atom. The molecular weight excluding hydrogens is 270 g/mol. The van der Waals surface area contributed by atoms with Crippen LogP contribution in [0.25, 0.3) is 0 Å². The monoisotopic (exact) mass is 287 g/mol. The zero-order valence-electron chi connectivity index (χ0n) is 10.1. The number of carbonyl (C=O) groups excluding carboxylic acids is 1. The normalized spacial score (nSPS) is 12.9. The van der Waals surface area contributed by atoms with Crippen LogP contribution in [-0.2, 0) is 7.05 Å². The minimum Gasteiger partial charge on any atom is -0.351 e. The molecule has 0 aliphatic rings. The molecule has 0 radical (unpaired) electrons. The second-order valence-corrected chi connectivity index (χ2v) is 5.45. The van der Waals surface area contributed by atoms with E-state index in [0.29, 0.717) is 22.9 Å². The third-order valence-electron chi connectivity index (χ3n) is 2.44. The lowest BCUT2D eigenvalue weighted by Gasteiger charge is -2.14. The van der Waals surface area contributed by atoms with Gasteiger partial charge in [0.25, 0.3) is 5.91 Å². The molecule has 4 nitrogen and oxygen atoms in total. The molecule has 1 heterocycles. The molecule has 0 aliphatic carbocycles. The van der Waals surface area contributed by atoms with Crippen LogP contribution in [0.1, 0.15) is 29.9 Å². The van der Waals surface area contributed by atoms with Gasteiger partial charge in [0.1, 0.15) is 0 Å². The molecule has 16 heavy (non-hydrogen) atoms. The number of nitrogens with one attached hydrogen (secondary N) is 1. The predicted molar refractivity (Wildman–Crippen MR) is 67.8 cm³/mol. The van der Waals surface area contributed by atoms with Crippen LogP contribution in [0, 0.1) is 12.8 Å². The fourth-order valence-electron chi connectivity index (χ4n) is 1.34. The molecule has 0 aliphatic heterocycles. The largest absolute Gasteiger partial charge is 0.351 e. The van der Waals surface area contributed by atoms with Crippen molar-refractivity contribution in [2.24, 2.45) is 13.0 Å². The number of hydrogen-bond donors (Lipinski definition) is 1. The average Bonchev–Trinajstić information content (AvgIpc) is 2.53. The van der Waals surface area contributed by atoms with Crippen molar-refractivity contribution in [1.82, 2.24) is 15.1 Å². The van der Waals surface area contributed by atoms with Gasteiger partial charge >= 0.3 is 0 Å². The van der Waals surface area contributed by atoms with Gasteiger partial charge in [-0.2, -0.15) is 5.10 Å². The van der Waals surface area contributed by atoms with Crippen molar-refractivity contribution in [3.63, 3.8) is 0 Å². The van der Waals surface area contributed by atoms with E-state index in [-0.39, 0.29) is 5.91 Å². The van der Waals surface area contributed by atoms with E-state index in [2.05, 4.69) is 40.2 Å². The van der Waals surface area contributed by atoms with Gasteiger partial charge in [0, 0.05) is 24.6 Å². The molecule has 0 aromatic carbocycles. The summed E-state index contributed by atoms with van der Waals surface area (Å²) >= 11 is 3.53. The Hall–Kier alpha value is -0.840. The molecule has 1 atom stereocenters. The number of aryl methyl sites for hydroxylation is 2. The molecule has 1 aromatic heterocycles. The fourth-order valence-corrected chi connectivity index (χ4v) is 1.51. The Kier molecular flexibility index (Phi) is 4.53. The molecule has 0 saturated heterocycles. The van der Waals surface area contributed by atoms with E-state index in [9.17, 15) is 4.79 Å². The second kappa shape index (κ2) is 5.48. The van der Waals surface area contributed by atoms with Crippen molar-refractivity contribution in [3.8, 4) is 0 Å². The predicted octanol–water partition coefficient (Wildman–Crippen LogP) is 1.88. The number of hydrogen-bond acceptors (Lipinski definition) is 2. The fraction of sp³-hybridized carbons (Fsp3) is 0.636. The summed E-state index contributed by atoms with van der Waals surface area (Å²) < 4.78 is 1.65. The summed E-state index contributed by atoms with van der Waals surface area (Å²) in [5, 5.41) is 7.03. The first-order chi connectivity index (χ1) is 7.41. The maximum Gasteiger partial charge on any atom is 0.254 e. The van der Waals surface area contributed by atoms with Crippen LogP contribution in [0.4, 0.5) is 0 Å². The van der Waals surface area contributed by atoms with E-state index in [1.165, 1.54) is 0 Å². The van der Waals surface area contributed by atoms with Gasteiger partial charge < -0.3 is 5.32 Å². The summed E-state index contributed by atoms with van der Waals surface area (Å²) in [6.07, 6.45) is 1.74. The molecule has 5 heteroatoms. The quantitative estimate of drug-likeness (QED) is 0.860. The molecule has 1 N–H and O–H groups in total. The molecule has 0 saturated carbocycles. The van der Waals surface area contributed by atoms with Gasteiger partial charge in [-0.3, -0.25) is 9.48 Å². The summed E-state index contributed by atoms with van der Waals surface area (Å²) in [5.41, 5.74) is 1.40. The summed E-state index contributed by atoms with van der Waals surface area (Å²) in [4.78, 5) is 12.1. The first-order valence-electron chi connectivity index (χ1n) is 5.34. The third-order valence-corrected chi connectivity index (χ3v) is 3.82. The van der Waals surface area contributed by atoms with Gasteiger partial charge in [0.15, 0.2) is 0 Å². The maximum absolute atomic E-state index is 11.8. The topological polar surface area (TPSA) is 46.9 Å². The third kappa shape index (κ3) is 3.33. The number of rotatable bonds is 4. The highest BCUT2D eigenvalue weighted by molar-refractivity contribution is 9.09. The molecule has 0 spiro atoms. The van der Waals surface area contributed by atoms with E-state index in [1.807, 2.05) is 14.0 Å². The summed E-state index contributed by atoms with van der Waals surface area (Å²) in [7, 11) is 1.81. The van der Waals surface area contributed by atoms with Crippen molar-refractivity contribution in [2.45, 2.75) is 25.6 Å². The standard InChI is InChI=1S/C11H18BrN3O/c1-7(2)10(12)5-13-11(16)9-6-15(4)14-8(9)3/h6-7,10H,5H2,1-4H3,(H,13,16). The molecule has 0 bridgehead atoms. The summed E-state index contributed by atoms with van der Waals surface area (Å²) in [6, 6.07) is 0. The Balaban J connectivity index is 2.56. The molecule has 1 aromatic rings. The van der Waals surface area contributed by atoms with Crippen LogP contribution in [0.15, 0.2) is 6.20 Å². The van der Waals surface area contributed by atoms with E-state index in [1.54, 1.807) is 10.9 Å². The van der Waals surface area contributed by atoms with Crippen LogP contribution >= 0.6 is 15.9 Å². The highest BCUT2D eigenvalue weighted by Gasteiger charge is 2.15. The average molecular weight is 288 g/mol. The highest BCUT2D eigenvalue weighted by atomic mass is 79.9. The lowest BCUT2D eigenvalue weighted by atomic mass is 10.1. The Bertz CT molecular complexity index is 373. The minimum absolute atomic E-state index is 0.0595. The van der Waals surface area contributed by atoms with Crippen LogP contribution < -0.4 is 5.32 Å².